The van der Waals surface area contributed by atoms with Crippen LogP contribution in [-0.4, -0.2) is 22.1 Å². The van der Waals surface area contributed by atoms with Crippen LogP contribution in [0.3, 0.4) is 0 Å². The third-order valence-electron chi connectivity index (χ3n) is 4.87. The minimum atomic E-state index is 0.702. The molecule has 1 N–H and O–H groups in total. The van der Waals surface area contributed by atoms with Crippen molar-refractivity contribution in [3.63, 3.8) is 0 Å². The van der Waals surface area contributed by atoms with Gasteiger partial charge in [0, 0.05) is 39.7 Å². The molecule has 140 valence electrons. The second-order valence-corrected chi connectivity index (χ2v) is 7.07. The number of hydrogen-bond acceptors (Lipinski definition) is 3. The number of H-pyrrole nitrogens is 1. The molecule has 0 atom stereocenters. The Kier molecular flexibility index (Phi) is 4.88. The molecule has 0 amide bonds. The summed E-state index contributed by atoms with van der Waals surface area (Å²) >= 11 is 6.08. The highest BCUT2D eigenvalue weighted by Crippen LogP contribution is 2.37. The van der Waals surface area contributed by atoms with Gasteiger partial charge in [-0.25, -0.2) is 4.98 Å². The molecule has 4 rings (SSSR count). The van der Waals surface area contributed by atoms with Crippen LogP contribution in [0.2, 0.25) is 5.02 Å². The highest BCUT2D eigenvalue weighted by Gasteiger charge is 2.19. The van der Waals surface area contributed by atoms with Gasteiger partial charge >= 0.3 is 0 Å². The van der Waals surface area contributed by atoms with Gasteiger partial charge < -0.3 is 9.72 Å². The van der Waals surface area contributed by atoms with Gasteiger partial charge in [-0.15, -0.1) is 0 Å². The standard InChI is InChI=1S/C23H20ClN3O/c1-14-4-9-19(28-3)15(2)20(14)23-26-21(16-5-7-18(24)8-6-16)22(27-23)17-10-12-25-13-11-17/h4-13H,1-3H3,(H,26,27). The lowest BCUT2D eigenvalue weighted by atomic mass is 10.0. The summed E-state index contributed by atoms with van der Waals surface area (Å²) in [4.78, 5) is 12.6. The second kappa shape index (κ2) is 7.49. The first-order valence-electron chi connectivity index (χ1n) is 8.99. The van der Waals surface area contributed by atoms with Crippen LogP contribution >= 0.6 is 11.6 Å². The lowest BCUT2D eigenvalue weighted by Crippen LogP contribution is -1.94. The number of imidazole rings is 1. The van der Waals surface area contributed by atoms with Crippen molar-refractivity contribution in [2.45, 2.75) is 13.8 Å². The molecular formula is C23H20ClN3O. The quantitative estimate of drug-likeness (QED) is 0.459. The van der Waals surface area contributed by atoms with Gasteiger partial charge in [0.1, 0.15) is 11.6 Å². The van der Waals surface area contributed by atoms with Gasteiger partial charge in [0.05, 0.1) is 18.5 Å². The summed E-state index contributed by atoms with van der Waals surface area (Å²) in [5.41, 5.74) is 7.08. The Balaban J connectivity index is 1.96. The third-order valence-corrected chi connectivity index (χ3v) is 5.12. The zero-order valence-electron chi connectivity index (χ0n) is 16.0. The summed E-state index contributed by atoms with van der Waals surface area (Å²) in [5.74, 6) is 1.65. The maximum atomic E-state index is 6.08. The number of nitrogens with zero attached hydrogens (tertiary/aromatic N) is 2. The average Bonchev–Trinajstić information content (AvgIpc) is 3.14. The molecule has 0 bridgehead atoms. The van der Waals surface area contributed by atoms with Gasteiger partial charge in [-0.1, -0.05) is 29.8 Å². The number of benzene rings is 2. The smallest absolute Gasteiger partial charge is 0.139 e. The Labute approximate surface area is 169 Å². The molecule has 0 saturated heterocycles. The molecule has 2 aromatic heterocycles. The average molecular weight is 390 g/mol. The molecule has 0 aliphatic carbocycles. The normalized spacial score (nSPS) is 10.9. The van der Waals surface area contributed by atoms with E-state index in [4.69, 9.17) is 21.3 Å². The van der Waals surface area contributed by atoms with E-state index < -0.39 is 0 Å². The van der Waals surface area contributed by atoms with Crippen LogP contribution in [0.4, 0.5) is 0 Å². The molecular weight excluding hydrogens is 370 g/mol. The van der Waals surface area contributed by atoms with Crippen LogP contribution in [0.1, 0.15) is 11.1 Å². The number of pyridine rings is 1. The summed E-state index contributed by atoms with van der Waals surface area (Å²) in [6.07, 6.45) is 3.55. The molecule has 2 heterocycles. The first-order chi connectivity index (χ1) is 13.6. The Bertz CT molecular complexity index is 1120. The molecule has 0 fully saturated rings. The maximum absolute atomic E-state index is 6.08. The molecule has 0 radical (unpaired) electrons. The van der Waals surface area contributed by atoms with E-state index in [2.05, 4.69) is 29.9 Å². The predicted octanol–water partition coefficient (Wildman–Crippen LogP) is 6.08. The number of nitrogens with one attached hydrogen (secondary N) is 1. The van der Waals surface area contributed by atoms with Crippen LogP contribution in [0.15, 0.2) is 60.9 Å². The molecule has 2 aromatic carbocycles. The van der Waals surface area contributed by atoms with Crippen molar-refractivity contribution in [2.75, 3.05) is 7.11 Å². The molecule has 28 heavy (non-hydrogen) atoms. The number of halogens is 1. The van der Waals surface area contributed by atoms with Crippen LogP contribution < -0.4 is 4.74 Å². The lowest BCUT2D eigenvalue weighted by molar-refractivity contribution is 0.412. The fourth-order valence-electron chi connectivity index (χ4n) is 3.45. The zero-order chi connectivity index (χ0) is 19.7. The highest BCUT2D eigenvalue weighted by atomic mass is 35.5. The number of hydrogen-bond donors (Lipinski definition) is 1. The van der Waals surface area contributed by atoms with Crippen molar-refractivity contribution in [3.8, 4) is 39.7 Å². The minimum absolute atomic E-state index is 0.702. The molecule has 4 aromatic rings. The first kappa shape index (κ1) is 18.3. The number of rotatable bonds is 4. The molecule has 5 heteroatoms. The fraction of sp³-hybridized carbons (Fsp3) is 0.130. The number of aryl methyl sites for hydroxylation is 1. The summed E-state index contributed by atoms with van der Waals surface area (Å²) < 4.78 is 5.52. The van der Waals surface area contributed by atoms with Crippen molar-refractivity contribution >= 4 is 11.6 Å². The summed E-state index contributed by atoms with van der Waals surface area (Å²) in [7, 11) is 1.69. The summed E-state index contributed by atoms with van der Waals surface area (Å²) in [5, 5.41) is 0.702. The van der Waals surface area contributed by atoms with Gasteiger partial charge in [-0.05, 0) is 49.7 Å². The van der Waals surface area contributed by atoms with Gasteiger partial charge in [0.25, 0.3) is 0 Å². The fourth-order valence-corrected chi connectivity index (χ4v) is 3.58. The topological polar surface area (TPSA) is 50.8 Å². The van der Waals surface area contributed by atoms with Crippen LogP contribution in [0.25, 0.3) is 33.9 Å². The van der Waals surface area contributed by atoms with E-state index in [1.165, 1.54) is 0 Å². The molecule has 4 nitrogen and oxygen atoms in total. The van der Waals surface area contributed by atoms with Crippen molar-refractivity contribution in [3.05, 3.63) is 77.1 Å². The number of methoxy groups -OCH3 is 1. The number of aromatic amines is 1. The Morgan fingerprint density at radius 2 is 1.61 bits per heavy atom. The maximum Gasteiger partial charge on any atom is 0.139 e. The molecule has 0 spiro atoms. The minimum Gasteiger partial charge on any atom is -0.496 e. The summed E-state index contributed by atoms with van der Waals surface area (Å²) in [6.45, 7) is 4.14. The van der Waals surface area contributed by atoms with Crippen molar-refractivity contribution in [1.29, 1.82) is 0 Å². The second-order valence-electron chi connectivity index (χ2n) is 6.64. The van der Waals surface area contributed by atoms with Gasteiger partial charge in [0.2, 0.25) is 0 Å². The predicted molar refractivity (Wildman–Crippen MR) is 114 cm³/mol. The van der Waals surface area contributed by atoms with E-state index in [1.807, 2.05) is 42.5 Å². The monoisotopic (exact) mass is 389 g/mol. The van der Waals surface area contributed by atoms with Gasteiger partial charge in [-0.3, -0.25) is 4.98 Å². The lowest BCUT2D eigenvalue weighted by Gasteiger charge is -2.11. The molecule has 0 unspecified atom stereocenters. The SMILES string of the molecule is COc1ccc(C)c(-c2nc(-c3ccncc3)c(-c3ccc(Cl)cc3)[nH]2)c1C. The van der Waals surface area contributed by atoms with Gasteiger partial charge in [0.15, 0.2) is 0 Å². The van der Waals surface area contributed by atoms with Crippen LogP contribution in [-0.2, 0) is 0 Å². The number of aromatic nitrogens is 3. The Hall–Kier alpha value is -3.11. The van der Waals surface area contributed by atoms with E-state index in [-0.39, 0.29) is 0 Å². The van der Waals surface area contributed by atoms with E-state index in [1.54, 1.807) is 19.5 Å². The Morgan fingerprint density at radius 3 is 2.29 bits per heavy atom. The number of ether oxygens (including phenoxy) is 1. The van der Waals surface area contributed by atoms with E-state index >= 15 is 0 Å². The van der Waals surface area contributed by atoms with Crippen LogP contribution in [0, 0.1) is 13.8 Å². The Morgan fingerprint density at radius 1 is 0.893 bits per heavy atom. The van der Waals surface area contributed by atoms with E-state index in [0.717, 1.165) is 50.8 Å². The zero-order valence-corrected chi connectivity index (χ0v) is 16.7. The van der Waals surface area contributed by atoms with E-state index in [9.17, 15) is 0 Å². The highest BCUT2D eigenvalue weighted by molar-refractivity contribution is 6.30. The first-order valence-corrected chi connectivity index (χ1v) is 9.37. The molecule has 0 aliphatic rings. The van der Waals surface area contributed by atoms with Gasteiger partial charge in [-0.2, -0.15) is 0 Å². The third kappa shape index (κ3) is 3.27. The van der Waals surface area contributed by atoms with Crippen LogP contribution in [0.5, 0.6) is 5.75 Å². The molecule has 0 aliphatic heterocycles. The van der Waals surface area contributed by atoms with Crippen molar-refractivity contribution < 1.29 is 4.74 Å². The van der Waals surface area contributed by atoms with E-state index in [0.29, 0.717) is 5.02 Å². The van der Waals surface area contributed by atoms with Crippen molar-refractivity contribution in [1.82, 2.24) is 15.0 Å². The molecule has 0 saturated carbocycles. The van der Waals surface area contributed by atoms with Crippen molar-refractivity contribution in [2.24, 2.45) is 0 Å². The largest absolute Gasteiger partial charge is 0.496 e. The summed E-state index contributed by atoms with van der Waals surface area (Å²) in [6, 6.07) is 15.7.